The maximum atomic E-state index is 11.9. The highest BCUT2D eigenvalue weighted by atomic mass is 16.7. The maximum absolute atomic E-state index is 11.9. The molecule has 0 unspecified atom stereocenters. The van der Waals surface area contributed by atoms with Gasteiger partial charge in [0.25, 0.3) is 5.91 Å². The smallest absolute Gasteiger partial charge is 0.275 e. The van der Waals surface area contributed by atoms with Crippen LogP contribution in [0.3, 0.4) is 0 Å². The molecule has 0 saturated heterocycles. The predicted octanol–water partition coefficient (Wildman–Crippen LogP) is 2.33. The molecule has 0 bridgehead atoms. The van der Waals surface area contributed by atoms with E-state index in [9.17, 15) is 4.79 Å². The summed E-state index contributed by atoms with van der Waals surface area (Å²) in [5.41, 5.74) is 1.30. The van der Waals surface area contributed by atoms with Crippen LogP contribution in [0, 0.1) is 5.92 Å². The van der Waals surface area contributed by atoms with Crippen LogP contribution in [0.1, 0.15) is 25.8 Å². The monoisotopic (exact) mass is 272 g/mol. The fourth-order valence-corrected chi connectivity index (χ4v) is 2.16. The molecule has 0 aromatic heterocycles. The quantitative estimate of drug-likeness (QED) is 0.859. The zero-order valence-electron chi connectivity index (χ0n) is 11.5. The molecule has 0 radical (unpaired) electrons. The third kappa shape index (κ3) is 2.52. The van der Waals surface area contributed by atoms with Crippen molar-refractivity contribution in [3.63, 3.8) is 0 Å². The number of rotatable bonds is 3. The molecule has 2 heterocycles. The molecule has 5 nitrogen and oxygen atoms in total. The number of hydrogen-bond donors (Lipinski definition) is 1. The first-order valence-electron chi connectivity index (χ1n) is 6.62. The largest absolute Gasteiger partial charge is 0.454 e. The van der Waals surface area contributed by atoms with Gasteiger partial charge in [0.1, 0.15) is 11.5 Å². The molecule has 104 valence electrons. The SMILES string of the molecule is CC(C)CC1=N/C(=C/c2ccc3c(c2)OCO3)C(=O)N1. The number of nitrogens with one attached hydrogen (secondary N) is 1. The summed E-state index contributed by atoms with van der Waals surface area (Å²) in [7, 11) is 0. The molecule has 20 heavy (non-hydrogen) atoms. The lowest BCUT2D eigenvalue weighted by Gasteiger charge is -2.02. The van der Waals surface area contributed by atoms with Crippen LogP contribution in [0.5, 0.6) is 11.5 Å². The van der Waals surface area contributed by atoms with E-state index >= 15 is 0 Å². The summed E-state index contributed by atoms with van der Waals surface area (Å²) >= 11 is 0. The van der Waals surface area contributed by atoms with Gasteiger partial charge < -0.3 is 14.8 Å². The summed E-state index contributed by atoms with van der Waals surface area (Å²) in [6.07, 6.45) is 2.52. The van der Waals surface area contributed by atoms with E-state index in [0.717, 1.165) is 23.6 Å². The highest BCUT2D eigenvalue weighted by Crippen LogP contribution is 2.33. The van der Waals surface area contributed by atoms with Crippen molar-refractivity contribution >= 4 is 17.8 Å². The van der Waals surface area contributed by atoms with Crippen molar-refractivity contribution in [2.24, 2.45) is 10.9 Å². The molecule has 1 amide bonds. The van der Waals surface area contributed by atoms with Gasteiger partial charge >= 0.3 is 0 Å². The fourth-order valence-electron chi connectivity index (χ4n) is 2.16. The van der Waals surface area contributed by atoms with Crippen LogP contribution in [0.4, 0.5) is 0 Å². The van der Waals surface area contributed by atoms with Gasteiger partial charge in [-0.1, -0.05) is 19.9 Å². The lowest BCUT2D eigenvalue weighted by atomic mass is 10.1. The van der Waals surface area contributed by atoms with Crippen molar-refractivity contribution in [1.82, 2.24) is 5.32 Å². The highest BCUT2D eigenvalue weighted by Gasteiger charge is 2.21. The third-order valence-corrected chi connectivity index (χ3v) is 3.05. The van der Waals surface area contributed by atoms with Gasteiger partial charge in [0.2, 0.25) is 6.79 Å². The van der Waals surface area contributed by atoms with E-state index in [4.69, 9.17) is 9.47 Å². The highest BCUT2D eigenvalue weighted by molar-refractivity contribution is 6.14. The molecule has 0 aliphatic carbocycles. The summed E-state index contributed by atoms with van der Waals surface area (Å²) < 4.78 is 10.6. The molecular formula is C15H16N2O3. The van der Waals surface area contributed by atoms with Crippen molar-refractivity contribution in [2.45, 2.75) is 20.3 Å². The number of hydrogen-bond acceptors (Lipinski definition) is 4. The van der Waals surface area contributed by atoms with Gasteiger partial charge in [-0.3, -0.25) is 4.79 Å². The van der Waals surface area contributed by atoms with E-state index in [2.05, 4.69) is 24.2 Å². The lowest BCUT2D eigenvalue weighted by Crippen LogP contribution is -2.24. The van der Waals surface area contributed by atoms with Crippen LogP contribution in [-0.4, -0.2) is 18.5 Å². The van der Waals surface area contributed by atoms with E-state index in [1.54, 1.807) is 6.08 Å². The second kappa shape index (κ2) is 5.00. The van der Waals surface area contributed by atoms with Gasteiger partial charge in [-0.2, -0.15) is 0 Å². The van der Waals surface area contributed by atoms with Crippen LogP contribution in [0.25, 0.3) is 6.08 Å². The Hall–Kier alpha value is -2.30. The average molecular weight is 272 g/mol. The van der Waals surface area contributed by atoms with Crippen LogP contribution in [-0.2, 0) is 4.79 Å². The molecule has 1 aromatic carbocycles. The minimum absolute atomic E-state index is 0.154. The Bertz CT molecular complexity index is 618. The number of amidine groups is 1. The van der Waals surface area contributed by atoms with E-state index in [0.29, 0.717) is 17.4 Å². The number of ether oxygens (including phenoxy) is 2. The number of fused-ring (bicyclic) bond motifs is 1. The molecule has 3 rings (SSSR count). The molecule has 1 aromatic rings. The number of benzene rings is 1. The Kier molecular flexibility index (Phi) is 3.18. The molecular weight excluding hydrogens is 256 g/mol. The van der Waals surface area contributed by atoms with Crippen molar-refractivity contribution in [3.8, 4) is 11.5 Å². The van der Waals surface area contributed by atoms with Gasteiger partial charge in [0, 0.05) is 6.42 Å². The number of aliphatic imine (C=N–C) groups is 1. The van der Waals surface area contributed by atoms with Crippen LogP contribution in [0.2, 0.25) is 0 Å². The van der Waals surface area contributed by atoms with Gasteiger partial charge in [-0.05, 0) is 29.7 Å². The Labute approximate surface area is 117 Å². The average Bonchev–Trinajstić information content (AvgIpc) is 2.96. The van der Waals surface area contributed by atoms with Crippen LogP contribution < -0.4 is 14.8 Å². The normalized spacial score (nSPS) is 18.6. The van der Waals surface area contributed by atoms with E-state index in [1.807, 2.05) is 18.2 Å². The zero-order chi connectivity index (χ0) is 14.1. The summed E-state index contributed by atoms with van der Waals surface area (Å²) in [4.78, 5) is 16.2. The van der Waals surface area contributed by atoms with Crippen molar-refractivity contribution in [1.29, 1.82) is 0 Å². The summed E-state index contributed by atoms with van der Waals surface area (Å²) in [6, 6.07) is 5.56. The standard InChI is InChI=1S/C15H16N2O3/c1-9(2)5-14-16-11(15(18)17-14)6-10-3-4-12-13(7-10)20-8-19-12/h3-4,6-7,9H,5,8H2,1-2H3,(H,16,17,18)/b11-6+. The Morgan fingerprint density at radius 1 is 1.35 bits per heavy atom. The van der Waals surface area contributed by atoms with Gasteiger partial charge in [0.05, 0.1) is 0 Å². The number of carbonyl (C=O) groups excluding carboxylic acids is 1. The summed E-state index contributed by atoms with van der Waals surface area (Å²) in [6.45, 7) is 4.43. The topological polar surface area (TPSA) is 59.9 Å². The van der Waals surface area contributed by atoms with E-state index in [-0.39, 0.29) is 12.7 Å². The first-order chi connectivity index (χ1) is 9.61. The first-order valence-corrected chi connectivity index (χ1v) is 6.62. The molecule has 1 N–H and O–H groups in total. The van der Waals surface area contributed by atoms with Crippen molar-refractivity contribution in [2.75, 3.05) is 6.79 Å². The molecule has 2 aliphatic heterocycles. The molecule has 0 atom stereocenters. The van der Waals surface area contributed by atoms with Crippen LogP contribution in [0.15, 0.2) is 28.9 Å². The first kappa shape index (κ1) is 12.7. The van der Waals surface area contributed by atoms with Gasteiger partial charge in [-0.15, -0.1) is 0 Å². The molecule has 0 saturated carbocycles. The second-order valence-corrected chi connectivity index (χ2v) is 5.25. The predicted molar refractivity (Wildman–Crippen MR) is 75.6 cm³/mol. The van der Waals surface area contributed by atoms with E-state index < -0.39 is 0 Å². The van der Waals surface area contributed by atoms with Crippen LogP contribution >= 0.6 is 0 Å². The minimum atomic E-state index is -0.154. The Morgan fingerprint density at radius 2 is 2.15 bits per heavy atom. The van der Waals surface area contributed by atoms with E-state index in [1.165, 1.54) is 0 Å². The Morgan fingerprint density at radius 3 is 2.95 bits per heavy atom. The van der Waals surface area contributed by atoms with Crippen molar-refractivity contribution in [3.05, 3.63) is 29.5 Å². The zero-order valence-corrected chi connectivity index (χ0v) is 11.5. The molecule has 0 spiro atoms. The minimum Gasteiger partial charge on any atom is -0.454 e. The molecule has 5 heteroatoms. The summed E-state index contributed by atoms with van der Waals surface area (Å²) in [5, 5.41) is 2.79. The third-order valence-electron chi connectivity index (χ3n) is 3.05. The van der Waals surface area contributed by atoms with Gasteiger partial charge in [0.15, 0.2) is 11.5 Å². The molecule has 0 fully saturated rings. The molecule has 2 aliphatic rings. The number of amides is 1. The number of carbonyl (C=O) groups is 1. The second-order valence-electron chi connectivity index (χ2n) is 5.25. The number of nitrogens with zero attached hydrogens (tertiary/aromatic N) is 1. The van der Waals surface area contributed by atoms with Gasteiger partial charge in [-0.25, -0.2) is 4.99 Å². The maximum Gasteiger partial charge on any atom is 0.275 e. The Balaban J connectivity index is 1.84. The van der Waals surface area contributed by atoms with Crippen molar-refractivity contribution < 1.29 is 14.3 Å². The summed E-state index contributed by atoms with van der Waals surface area (Å²) in [5.74, 6) is 2.46. The lowest BCUT2D eigenvalue weighted by molar-refractivity contribution is -0.115. The fraction of sp³-hybridized carbons (Fsp3) is 0.333.